The Morgan fingerprint density at radius 3 is 2.75 bits per heavy atom. The Balaban J connectivity index is 3.50. The van der Waals surface area contributed by atoms with E-state index < -0.39 is 5.38 Å². The van der Waals surface area contributed by atoms with E-state index in [1.165, 1.54) is 0 Å². The Kier molecular flexibility index (Phi) is 6.48. The number of carbonyl (C=O) groups is 1. The van der Waals surface area contributed by atoms with Crippen LogP contribution >= 0.6 is 11.6 Å². The molecule has 12 heavy (non-hydrogen) atoms. The summed E-state index contributed by atoms with van der Waals surface area (Å²) in [7, 11) is 0. The van der Waals surface area contributed by atoms with Gasteiger partial charge < -0.3 is 4.74 Å². The molecule has 0 radical (unpaired) electrons. The van der Waals surface area contributed by atoms with Crippen LogP contribution in [0.1, 0.15) is 13.8 Å². The molecule has 0 aromatic heterocycles. The van der Waals surface area contributed by atoms with E-state index in [9.17, 15) is 4.79 Å². The predicted octanol–water partition coefficient (Wildman–Crippen LogP) is 2.29. The van der Waals surface area contributed by atoms with Crippen LogP contribution in [0.5, 0.6) is 0 Å². The fourth-order valence-corrected chi connectivity index (χ4v) is 0.553. The van der Waals surface area contributed by atoms with Crippen LogP contribution in [0, 0.1) is 0 Å². The van der Waals surface area contributed by atoms with Crippen molar-refractivity contribution in [2.75, 3.05) is 6.61 Å². The van der Waals surface area contributed by atoms with Crippen LogP contribution in [0.3, 0.4) is 0 Å². The van der Waals surface area contributed by atoms with Crippen LogP contribution in [-0.2, 0) is 9.53 Å². The Hall–Kier alpha value is -0.760. The average Bonchev–Trinajstić information content (AvgIpc) is 2.03. The molecular weight excluding hydrogens is 176 g/mol. The third-order valence-electron chi connectivity index (χ3n) is 1.09. The molecule has 0 spiro atoms. The normalized spacial score (nSPS) is 13.9. The highest BCUT2D eigenvalue weighted by Crippen LogP contribution is 1.96. The molecule has 0 fully saturated rings. The van der Waals surface area contributed by atoms with E-state index >= 15 is 0 Å². The molecule has 0 amide bonds. The van der Waals surface area contributed by atoms with Gasteiger partial charge in [0.05, 0.1) is 0 Å². The van der Waals surface area contributed by atoms with Crippen molar-refractivity contribution in [2.45, 2.75) is 19.2 Å². The minimum atomic E-state index is -0.569. The number of allylic oxidation sites excluding steroid dienone is 3. The number of hydrogen-bond donors (Lipinski definition) is 0. The monoisotopic (exact) mass is 188 g/mol. The molecule has 68 valence electrons. The Labute approximate surface area is 77.9 Å². The first kappa shape index (κ1) is 11.2. The van der Waals surface area contributed by atoms with Crippen molar-refractivity contribution in [1.82, 2.24) is 0 Å². The maximum Gasteiger partial charge on any atom is 0.324 e. The molecular formula is C9H13ClO2. The van der Waals surface area contributed by atoms with Crippen LogP contribution < -0.4 is 0 Å². The summed E-state index contributed by atoms with van der Waals surface area (Å²) in [6.45, 7) is 3.77. The molecule has 0 aromatic rings. The van der Waals surface area contributed by atoms with Gasteiger partial charge in [-0.05, 0) is 19.9 Å². The maximum absolute atomic E-state index is 10.8. The van der Waals surface area contributed by atoms with E-state index in [0.29, 0.717) is 0 Å². The summed E-state index contributed by atoms with van der Waals surface area (Å²) >= 11 is 5.46. The highest BCUT2D eigenvalue weighted by molar-refractivity contribution is 6.29. The van der Waals surface area contributed by atoms with Gasteiger partial charge in [-0.1, -0.05) is 18.2 Å². The number of rotatable bonds is 4. The molecule has 0 saturated carbocycles. The molecule has 1 atom stereocenters. The van der Waals surface area contributed by atoms with Crippen molar-refractivity contribution in [3.05, 3.63) is 24.3 Å². The summed E-state index contributed by atoms with van der Waals surface area (Å²) in [5.74, 6) is -0.387. The van der Waals surface area contributed by atoms with E-state index in [-0.39, 0.29) is 12.6 Å². The van der Waals surface area contributed by atoms with Crippen molar-refractivity contribution in [3.8, 4) is 0 Å². The summed E-state index contributed by atoms with van der Waals surface area (Å²) in [5.41, 5.74) is 0. The van der Waals surface area contributed by atoms with Crippen LogP contribution in [0.15, 0.2) is 24.3 Å². The SMILES string of the molecule is C/C=C\C=C\COC(=O)[C@@H](C)Cl. The Morgan fingerprint density at radius 1 is 1.58 bits per heavy atom. The van der Waals surface area contributed by atoms with E-state index in [0.717, 1.165) is 0 Å². The quantitative estimate of drug-likeness (QED) is 0.385. The smallest absolute Gasteiger partial charge is 0.324 e. The summed E-state index contributed by atoms with van der Waals surface area (Å²) in [5, 5.41) is -0.569. The molecule has 0 aliphatic rings. The van der Waals surface area contributed by atoms with E-state index in [1.807, 2.05) is 25.2 Å². The van der Waals surface area contributed by atoms with Gasteiger partial charge in [0.2, 0.25) is 0 Å². The number of carbonyl (C=O) groups excluding carboxylic acids is 1. The number of hydrogen-bond acceptors (Lipinski definition) is 2. The van der Waals surface area contributed by atoms with Crippen molar-refractivity contribution in [2.24, 2.45) is 0 Å². The molecule has 0 heterocycles. The maximum atomic E-state index is 10.8. The van der Waals surface area contributed by atoms with E-state index in [1.54, 1.807) is 13.0 Å². The lowest BCUT2D eigenvalue weighted by atomic mass is 10.4. The summed E-state index contributed by atoms with van der Waals surface area (Å²) in [4.78, 5) is 10.8. The van der Waals surface area contributed by atoms with Gasteiger partial charge in [-0.15, -0.1) is 11.6 Å². The summed E-state index contributed by atoms with van der Waals surface area (Å²) in [6, 6.07) is 0. The van der Waals surface area contributed by atoms with Crippen LogP contribution in [0.2, 0.25) is 0 Å². The predicted molar refractivity (Wildman–Crippen MR) is 50.2 cm³/mol. The zero-order chi connectivity index (χ0) is 9.40. The van der Waals surface area contributed by atoms with E-state index in [2.05, 4.69) is 0 Å². The van der Waals surface area contributed by atoms with Gasteiger partial charge in [-0.3, -0.25) is 4.79 Å². The molecule has 3 heteroatoms. The topological polar surface area (TPSA) is 26.3 Å². The van der Waals surface area contributed by atoms with Gasteiger partial charge in [-0.25, -0.2) is 0 Å². The fourth-order valence-electron chi connectivity index (χ4n) is 0.490. The van der Waals surface area contributed by atoms with Gasteiger partial charge in [-0.2, -0.15) is 0 Å². The molecule has 2 nitrogen and oxygen atoms in total. The minimum absolute atomic E-state index is 0.278. The molecule has 0 rings (SSSR count). The largest absolute Gasteiger partial charge is 0.460 e. The number of esters is 1. The van der Waals surface area contributed by atoms with Gasteiger partial charge in [0.25, 0.3) is 0 Å². The zero-order valence-electron chi connectivity index (χ0n) is 7.29. The third kappa shape index (κ3) is 5.98. The van der Waals surface area contributed by atoms with Gasteiger partial charge >= 0.3 is 5.97 Å². The Morgan fingerprint density at radius 2 is 2.25 bits per heavy atom. The Bertz CT molecular complexity index is 183. The highest BCUT2D eigenvalue weighted by atomic mass is 35.5. The van der Waals surface area contributed by atoms with Crippen molar-refractivity contribution >= 4 is 17.6 Å². The summed E-state index contributed by atoms with van der Waals surface area (Å²) in [6.07, 6.45) is 7.31. The van der Waals surface area contributed by atoms with Crippen molar-refractivity contribution in [1.29, 1.82) is 0 Å². The summed E-state index contributed by atoms with van der Waals surface area (Å²) < 4.78 is 4.76. The molecule has 0 aliphatic carbocycles. The molecule has 0 aromatic carbocycles. The average molecular weight is 189 g/mol. The first-order valence-corrected chi connectivity index (χ1v) is 4.20. The minimum Gasteiger partial charge on any atom is -0.460 e. The molecule has 0 bridgehead atoms. The van der Waals surface area contributed by atoms with Gasteiger partial charge in [0.15, 0.2) is 0 Å². The number of ether oxygens (including phenoxy) is 1. The fraction of sp³-hybridized carbons (Fsp3) is 0.444. The number of halogens is 1. The van der Waals surface area contributed by atoms with Gasteiger partial charge in [0, 0.05) is 0 Å². The number of alkyl halides is 1. The van der Waals surface area contributed by atoms with Gasteiger partial charge in [0.1, 0.15) is 12.0 Å². The molecule has 0 aliphatic heterocycles. The van der Waals surface area contributed by atoms with Crippen LogP contribution in [-0.4, -0.2) is 18.0 Å². The second-order valence-corrected chi connectivity index (χ2v) is 2.85. The standard InChI is InChI=1S/C9H13ClO2/c1-3-4-5-6-7-12-9(11)8(2)10/h3-6,8H,7H2,1-2H3/b4-3-,6-5+/t8-/m1/s1. The lowest BCUT2D eigenvalue weighted by molar-refractivity contribution is -0.141. The first-order chi connectivity index (χ1) is 5.68. The zero-order valence-corrected chi connectivity index (χ0v) is 8.04. The lowest BCUT2D eigenvalue weighted by Crippen LogP contribution is -2.14. The lowest BCUT2D eigenvalue weighted by Gasteiger charge is -2.01. The van der Waals surface area contributed by atoms with Crippen molar-refractivity contribution < 1.29 is 9.53 Å². The molecule has 0 unspecified atom stereocenters. The van der Waals surface area contributed by atoms with Crippen molar-refractivity contribution in [3.63, 3.8) is 0 Å². The highest BCUT2D eigenvalue weighted by Gasteiger charge is 2.08. The first-order valence-electron chi connectivity index (χ1n) is 3.77. The van der Waals surface area contributed by atoms with E-state index in [4.69, 9.17) is 16.3 Å². The van der Waals surface area contributed by atoms with Crippen LogP contribution in [0.4, 0.5) is 0 Å². The second kappa shape index (κ2) is 6.92. The second-order valence-electron chi connectivity index (χ2n) is 2.20. The molecule has 0 saturated heterocycles. The molecule has 0 N–H and O–H groups in total. The van der Waals surface area contributed by atoms with Crippen LogP contribution in [0.25, 0.3) is 0 Å². The third-order valence-corrected chi connectivity index (χ3v) is 1.26.